The van der Waals surface area contributed by atoms with Crippen molar-refractivity contribution in [2.24, 2.45) is 0 Å². The summed E-state index contributed by atoms with van der Waals surface area (Å²) in [4.78, 5) is 4.89. The number of hydrogen-bond donors (Lipinski definition) is 1. The van der Waals surface area contributed by atoms with Crippen LogP contribution in [0.1, 0.15) is 32.3 Å². The Bertz CT molecular complexity index is 341. The van der Waals surface area contributed by atoms with E-state index in [0.717, 1.165) is 13.1 Å². The molecule has 126 valence electrons. The Morgan fingerprint density at radius 3 is 2.00 bits per heavy atom. The van der Waals surface area contributed by atoms with Crippen molar-refractivity contribution in [3.05, 3.63) is 35.9 Å². The maximum Gasteiger partial charge on any atom is 0.0104 e. The third kappa shape index (κ3) is 9.19. The van der Waals surface area contributed by atoms with Crippen LogP contribution >= 0.6 is 0 Å². The third-order valence-corrected chi connectivity index (χ3v) is 3.98. The molecule has 22 heavy (non-hydrogen) atoms. The zero-order valence-electron chi connectivity index (χ0n) is 14.9. The van der Waals surface area contributed by atoms with Gasteiger partial charge in [-0.3, -0.25) is 0 Å². The maximum absolute atomic E-state index is 3.27. The number of likely N-dealkylation sites (N-methyl/N-ethyl adjacent to an activating group) is 1. The van der Waals surface area contributed by atoms with Crippen LogP contribution in [-0.4, -0.2) is 62.7 Å². The summed E-state index contributed by atoms with van der Waals surface area (Å²) < 4.78 is 0. The van der Waals surface area contributed by atoms with Crippen LogP contribution in [-0.2, 0) is 6.42 Å². The molecule has 1 N–H and O–H groups in total. The Balaban J connectivity index is 0.000000287. The number of rotatable bonds is 7. The van der Waals surface area contributed by atoms with E-state index in [9.17, 15) is 0 Å². The van der Waals surface area contributed by atoms with Gasteiger partial charge in [0.25, 0.3) is 0 Å². The quantitative estimate of drug-likeness (QED) is 0.836. The maximum atomic E-state index is 3.27. The fourth-order valence-electron chi connectivity index (χ4n) is 2.68. The van der Waals surface area contributed by atoms with Crippen molar-refractivity contribution in [2.45, 2.75) is 33.1 Å². The van der Waals surface area contributed by atoms with E-state index in [1.165, 1.54) is 57.5 Å². The van der Waals surface area contributed by atoms with Crippen LogP contribution in [0.4, 0.5) is 0 Å². The number of piperazine rings is 1. The Hall–Kier alpha value is -0.900. The summed E-state index contributed by atoms with van der Waals surface area (Å²) in [6.45, 7) is 12.9. The van der Waals surface area contributed by atoms with E-state index in [4.69, 9.17) is 0 Å². The minimum Gasteiger partial charge on any atom is -0.314 e. The van der Waals surface area contributed by atoms with Crippen LogP contribution in [0.5, 0.6) is 0 Å². The van der Waals surface area contributed by atoms with Crippen molar-refractivity contribution < 1.29 is 0 Å². The fraction of sp³-hybridized carbons (Fsp3) is 0.684. The first-order valence-electron chi connectivity index (χ1n) is 8.91. The molecule has 1 saturated heterocycles. The molecule has 1 aromatic carbocycles. The summed E-state index contributed by atoms with van der Waals surface area (Å²) in [7, 11) is 2.15. The summed E-state index contributed by atoms with van der Waals surface area (Å²) >= 11 is 0. The Morgan fingerprint density at radius 2 is 1.55 bits per heavy atom. The van der Waals surface area contributed by atoms with Gasteiger partial charge in [-0.05, 0) is 45.0 Å². The summed E-state index contributed by atoms with van der Waals surface area (Å²) in [5.41, 5.74) is 1.45. The molecule has 0 atom stereocenters. The molecule has 0 aliphatic carbocycles. The van der Waals surface area contributed by atoms with E-state index in [1.807, 2.05) is 0 Å². The lowest BCUT2D eigenvalue weighted by atomic mass is 10.1. The number of benzene rings is 1. The molecule has 0 saturated carbocycles. The van der Waals surface area contributed by atoms with Crippen molar-refractivity contribution in [2.75, 3.05) is 52.9 Å². The second-order valence-electron chi connectivity index (χ2n) is 6.13. The molecule has 0 radical (unpaired) electrons. The average molecular weight is 306 g/mol. The summed E-state index contributed by atoms with van der Waals surface area (Å²) in [6.07, 6.45) is 3.70. The van der Waals surface area contributed by atoms with Crippen molar-refractivity contribution in [1.82, 2.24) is 15.1 Å². The molecule has 2 rings (SSSR count). The van der Waals surface area contributed by atoms with Crippen molar-refractivity contribution >= 4 is 0 Å². The molecule has 0 aromatic heterocycles. The number of nitrogens with one attached hydrogen (secondary N) is 1. The summed E-state index contributed by atoms with van der Waals surface area (Å²) in [5.74, 6) is 0. The van der Waals surface area contributed by atoms with Gasteiger partial charge < -0.3 is 15.1 Å². The van der Waals surface area contributed by atoms with E-state index >= 15 is 0 Å². The lowest BCUT2D eigenvalue weighted by Gasteiger charge is -2.21. The zero-order valence-corrected chi connectivity index (χ0v) is 14.9. The molecule has 1 aromatic rings. The first kappa shape index (κ1) is 19.1. The second kappa shape index (κ2) is 12.6. The molecule has 1 fully saturated rings. The molecule has 0 amide bonds. The monoisotopic (exact) mass is 305 g/mol. The summed E-state index contributed by atoms with van der Waals surface area (Å²) in [6, 6.07) is 10.8. The van der Waals surface area contributed by atoms with Crippen LogP contribution in [0.2, 0.25) is 0 Å². The van der Waals surface area contributed by atoms with Gasteiger partial charge in [0.2, 0.25) is 0 Å². The normalized spacial score (nSPS) is 15.5. The SMILES string of the molecule is CCCN(CCC)CCc1ccccc1.CN1CCNCC1. The minimum absolute atomic E-state index is 1.16. The van der Waals surface area contributed by atoms with Gasteiger partial charge >= 0.3 is 0 Å². The molecule has 1 aliphatic rings. The van der Waals surface area contributed by atoms with E-state index < -0.39 is 0 Å². The Kier molecular flexibility index (Phi) is 11.0. The van der Waals surface area contributed by atoms with E-state index in [0.29, 0.717) is 0 Å². The predicted molar refractivity (Wildman–Crippen MR) is 97.5 cm³/mol. The Labute approximate surface area is 137 Å². The molecule has 1 heterocycles. The van der Waals surface area contributed by atoms with E-state index in [-0.39, 0.29) is 0 Å². The molecule has 0 bridgehead atoms. The molecular formula is C19H35N3. The van der Waals surface area contributed by atoms with Crippen LogP contribution in [0, 0.1) is 0 Å². The van der Waals surface area contributed by atoms with Crippen LogP contribution < -0.4 is 5.32 Å². The van der Waals surface area contributed by atoms with Crippen LogP contribution in [0.3, 0.4) is 0 Å². The second-order valence-corrected chi connectivity index (χ2v) is 6.13. The van der Waals surface area contributed by atoms with Gasteiger partial charge in [-0.15, -0.1) is 0 Å². The standard InChI is InChI=1S/C14H23N.C5H12N2/c1-3-11-15(12-4-2)13-10-14-8-6-5-7-9-14;1-7-4-2-6-3-5-7/h5-9H,3-4,10-13H2,1-2H3;6H,2-5H2,1H3. The first-order chi connectivity index (χ1) is 10.8. The van der Waals surface area contributed by atoms with Crippen LogP contribution in [0.25, 0.3) is 0 Å². The van der Waals surface area contributed by atoms with Gasteiger partial charge in [-0.2, -0.15) is 0 Å². The van der Waals surface area contributed by atoms with Crippen molar-refractivity contribution in [3.63, 3.8) is 0 Å². The summed E-state index contributed by atoms with van der Waals surface area (Å²) in [5, 5.41) is 3.27. The van der Waals surface area contributed by atoms with Gasteiger partial charge in [0.05, 0.1) is 0 Å². The highest BCUT2D eigenvalue weighted by Crippen LogP contribution is 2.02. The van der Waals surface area contributed by atoms with Gasteiger partial charge in [-0.1, -0.05) is 44.2 Å². The Morgan fingerprint density at radius 1 is 0.955 bits per heavy atom. The predicted octanol–water partition coefficient (Wildman–Crippen LogP) is 2.87. The lowest BCUT2D eigenvalue weighted by Crippen LogP contribution is -2.40. The molecule has 0 unspecified atom stereocenters. The molecule has 3 nitrogen and oxygen atoms in total. The van der Waals surface area contributed by atoms with Gasteiger partial charge in [-0.25, -0.2) is 0 Å². The molecule has 0 spiro atoms. The average Bonchev–Trinajstić information content (AvgIpc) is 2.55. The molecule has 1 aliphatic heterocycles. The smallest absolute Gasteiger partial charge is 0.0104 e. The van der Waals surface area contributed by atoms with E-state index in [2.05, 4.69) is 66.3 Å². The van der Waals surface area contributed by atoms with Crippen molar-refractivity contribution in [1.29, 1.82) is 0 Å². The van der Waals surface area contributed by atoms with Gasteiger partial charge in [0.15, 0.2) is 0 Å². The topological polar surface area (TPSA) is 18.5 Å². The first-order valence-corrected chi connectivity index (χ1v) is 8.91. The zero-order chi connectivity index (χ0) is 16.0. The lowest BCUT2D eigenvalue weighted by molar-refractivity contribution is 0.278. The molecular weight excluding hydrogens is 270 g/mol. The van der Waals surface area contributed by atoms with Gasteiger partial charge in [0.1, 0.15) is 0 Å². The van der Waals surface area contributed by atoms with E-state index in [1.54, 1.807) is 0 Å². The highest BCUT2D eigenvalue weighted by molar-refractivity contribution is 5.14. The number of hydrogen-bond acceptors (Lipinski definition) is 3. The third-order valence-electron chi connectivity index (χ3n) is 3.98. The number of nitrogens with zero attached hydrogens (tertiary/aromatic N) is 2. The highest BCUT2D eigenvalue weighted by atomic mass is 15.2. The highest BCUT2D eigenvalue weighted by Gasteiger charge is 2.02. The fourth-order valence-corrected chi connectivity index (χ4v) is 2.68. The van der Waals surface area contributed by atoms with Crippen LogP contribution in [0.15, 0.2) is 30.3 Å². The molecule has 3 heteroatoms. The largest absolute Gasteiger partial charge is 0.314 e. The minimum atomic E-state index is 1.16. The van der Waals surface area contributed by atoms with Crippen molar-refractivity contribution in [3.8, 4) is 0 Å². The van der Waals surface area contributed by atoms with Gasteiger partial charge in [0, 0.05) is 32.7 Å².